The number of aromatic amines is 1. The third kappa shape index (κ3) is 4.97. The Labute approximate surface area is 162 Å². The van der Waals surface area contributed by atoms with Crippen LogP contribution < -0.4 is 10.1 Å². The maximum atomic E-state index is 12.7. The van der Waals surface area contributed by atoms with Gasteiger partial charge in [-0.1, -0.05) is 32.0 Å². The Hall–Kier alpha value is -2.61. The minimum atomic E-state index is -0.271. The van der Waals surface area contributed by atoms with E-state index in [0.717, 1.165) is 34.8 Å². The zero-order valence-electron chi connectivity index (χ0n) is 15.4. The summed E-state index contributed by atoms with van der Waals surface area (Å²) >= 11 is 1.41. The number of benzene rings is 1. The second kappa shape index (κ2) is 9.36. The minimum absolute atomic E-state index is 0.0616. The number of amides is 1. The van der Waals surface area contributed by atoms with Crippen molar-refractivity contribution in [3.8, 4) is 5.75 Å². The number of fused-ring (bicyclic) bond motifs is 1. The fourth-order valence-corrected chi connectivity index (χ4v) is 3.46. The summed E-state index contributed by atoms with van der Waals surface area (Å²) in [4.78, 5) is 28.2. The van der Waals surface area contributed by atoms with Crippen molar-refractivity contribution in [2.24, 2.45) is 0 Å². The molecule has 0 unspecified atom stereocenters. The van der Waals surface area contributed by atoms with Crippen molar-refractivity contribution < 1.29 is 9.53 Å². The summed E-state index contributed by atoms with van der Waals surface area (Å²) in [6, 6.07) is 7.46. The first-order chi connectivity index (χ1) is 13.2. The van der Waals surface area contributed by atoms with Crippen LogP contribution in [0.4, 0.5) is 5.69 Å². The van der Waals surface area contributed by atoms with Gasteiger partial charge in [0.05, 0.1) is 18.2 Å². The van der Waals surface area contributed by atoms with Crippen LogP contribution in [0.15, 0.2) is 41.9 Å². The van der Waals surface area contributed by atoms with Crippen LogP contribution in [0.25, 0.3) is 11.2 Å². The fraction of sp³-hybridized carbons (Fsp3) is 0.368. The van der Waals surface area contributed by atoms with E-state index in [1.54, 1.807) is 6.33 Å². The molecule has 0 aliphatic carbocycles. The van der Waals surface area contributed by atoms with Gasteiger partial charge in [-0.3, -0.25) is 4.79 Å². The summed E-state index contributed by atoms with van der Waals surface area (Å²) in [5.41, 5.74) is 2.10. The van der Waals surface area contributed by atoms with Crippen LogP contribution in [0.3, 0.4) is 0 Å². The molecule has 0 saturated carbocycles. The number of nitrogens with zero attached hydrogens (tertiary/aromatic N) is 3. The first-order valence-electron chi connectivity index (χ1n) is 9.05. The van der Waals surface area contributed by atoms with Crippen LogP contribution in [0.5, 0.6) is 5.75 Å². The number of carbonyl (C=O) groups is 1. The molecule has 1 atom stereocenters. The maximum Gasteiger partial charge on any atom is 0.237 e. The molecule has 2 N–H and O–H groups in total. The second-order valence-electron chi connectivity index (χ2n) is 6.01. The zero-order valence-corrected chi connectivity index (χ0v) is 16.3. The minimum Gasteiger partial charge on any atom is -0.494 e. The number of rotatable bonds is 9. The van der Waals surface area contributed by atoms with E-state index >= 15 is 0 Å². The third-order valence-corrected chi connectivity index (χ3v) is 5.36. The normalized spacial score (nSPS) is 12.1. The molecule has 0 saturated heterocycles. The van der Waals surface area contributed by atoms with E-state index in [2.05, 4.69) is 32.2 Å². The van der Waals surface area contributed by atoms with Gasteiger partial charge in [0, 0.05) is 5.69 Å². The van der Waals surface area contributed by atoms with Crippen LogP contribution in [0.1, 0.15) is 33.1 Å². The van der Waals surface area contributed by atoms with Crippen molar-refractivity contribution in [1.29, 1.82) is 0 Å². The van der Waals surface area contributed by atoms with Gasteiger partial charge in [-0.25, -0.2) is 15.0 Å². The van der Waals surface area contributed by atoms with Crippen LogP contribution in [0, 0.1) is 0 Å². The predicted molar refractivity (Wildman–Crippen MR) is 107 cm³/mol. The highest BCUT2D eigenvalue weighted by atomic mass is 32.2. The third-order valence-electron chi connectivity index (χ3n) is 3.99. The second-order valence-corrected chi connectivity index (χ2v) is 7.20. The van der Waals surface area contributed by atoms with Crippen molar-refractivity contribution in [3.05, 3.63) is 36.9 Å². The number of imidazole rings is 1. The lowest BCUT2D eigenvalue weighted by molar-refractivity contribution is -0.115. The molecule has 0 bridgehead atoms. The van der Waals surface area contributed by atoms with E-state index in [9.17, 15) is 4.79 Å². The number of H-pyrrole nitrogens is 1. The van der Waals surface area contributed by atoms with Gasteiger partial charge in [0.1, 0.15) is 22.6 Å². The monoisotopic (exact) mass is 385 g/mol. The summed E-state index contributed by atoms with van der Waals surface area (Å²) in [7, 11) is 0. The van der Waals surface area contributed by atoms with Crippen LogP contribution in [0.2, 0.25) is 0 Å². The van der Waals surface area contributed by atoms with Crippen molar-refractivity contribution in [2.75, 3.05) is 11.9 Å². The van der Waals surface area contributed by atoms with E-state index in [0.29, 0.717) is 18.7 Å². The van der Waals surface area contributed by atoms with Gasteiger partial charge in [0.25, 0.3) is 0 Å². The Morgan fingerprint density at radius 1 is 1.22 bits per heavy atom. The van der Waals surface area contributed by atoms with E-state index in [1.165, 1.54) is 18.1 Å². The Bertz CT molecular complexity index is 881. The average molecular weight is 385 g/mol. The number of ether oxygens (including phenoxy) is 1. The van der Waals surface area contributed by atoms with Gasteiger partial charge >= 0.3 is 0 Å². The molecule has 3 aromatic rings. The Kier molecular flexibility index (Phi) is 6.64. The Morgan fingerprint density at radius 2 is 2.04 bits per heavy atom. The quantitative estimate of drug-likeness (QED) is 0.328. The summed E-state index contributed by atoms with van der Waals surface area (Å²) in [6.45, 7) is 4.81. The van der Waals surface area contributed by atoms with Gasteiger partial charge < -0.3 is 15.0 Å². The van der Waals surface area contributed by atoms with Gasteiger partial charge in [0.15, 0.2) is 5.65 Å². The van der Waals surface area contributed by atoms with E-state index in [-0.39, 0.29) is 11.2 Å². The number of anilines is 1. The SMILES string of the molecule is CCCCOc1ccc(NC(=O)[C@H](CC)Sc2ncnc3nc[nH]c23)cc1. The number of hydrogen-bond acceptors (Lipinski definition) is 6. The van der Waals surface area contributed by atoms with E-state index in [1.807, 2.05) is 31.2 Å². The van der Waals surface area contributed by atoms with Crippen molar-refractivity contribution >= 4 is 34.5 Å². The Morgan fingerprint density at radius 3 is 2.78 bits per heavy atom. The van der Waals surface area contributed by atoms with Gasteiger partial charge in [-0.15, -0.1) is 0 Å². The van der Waals surface area contributed by atoms with Crippen molar-refractivity contribution in [2.45, 2.75) is 43.4 Å². The molecule has 0 spiro atoms. The van der Waals surface area contributed by atoms with Gasteiger partial charge in [-0.2, -0.15) is 0 Å². The van der Waals surface area contributed by atoms with Crippen LogP contribution in [-0.2, 0) is 4.79 Å². The number of thioether (sulfide) groups is 1. The molecule has 1 amide bonds. The lowest BCUT2D eigenvalue weighted by atomic mass is 10.2. The van der Waals surface area contributed by atoms with Crippen molar-refractivity contribution in [3.63, 3.8) is 0 Å². The number of aromatic nitrogens is 4. The maximum absolute atomic E-state index is 12.7. The molecular weight excluding hydrogens is 362 g/mol. The molecule has 1 aromatic carbocycles. The van der Waals surface area contributed by atoms with Crippen molar-refractivity contribution in [1.82, 2.24) is 19.9 Å². The highest BCUT2D eigenvalue weighted by Gasteiger charge is 2.20. The Balaban J connectivity index is 1.62. The first-order valence-corrected chi connectivity index (χ1v) is 9.93. The van der Waals surface area contributed by atoms with Gasteiger partial charge in [0.2, 0.25) is 5.91 Å². The molecule has 2 aromatic heterocycles. The number of nitrogens with one attached hydrogen (secondary N) is 2. The molecule has 7 nitrogen and oxygen atoms in total. The standard InChI is InChI=1S/C19H23N5O2S/c1-3-5-10-26-14-8-6-13(7-9-14)24-18(25)15(4-2)27-19-16-17(21-11-20-16)22-12-23-19/h6-9,11-12,15H,3-5,10H2,1-2H3,(H,24,25)(H,20,21,22,23)/t15-/m0/s1. The topological polar surface area (TPSA) is 92.8 Å². The summed E-state index contributed by atoms with van der Waals surface area (Å²) in [6.07, 6.45) is 5.85. The largest absolute Gasteiger partial charge is 0.494 e. The number of carbonyl (C=O) groups excluding carboxylic acids is 1. The smallest absolute Gasteiger partial charge is 0.237 e. The van der Waals surface area contributed by atoms with E-state index in [4.69, 9.17) is 4.74 Å². The molecule has 0 aliphatic heterocycles. The molecular formula is C19H23N5O2S. The summed E-state index contributed by atoms with van der Waals surface area (Å²) in [5.74, 6) is 0.749. The fourth-order valence-electron chi connectivity index (χ4n) is 2.48. The molecule has 8 heteroatoms. The predicted octanol–water partition coefficient (Wildman–Crippen LogP) is 4.04. The number of hydrogen-bond donors (Lipinski definition) is 2. The molecule has 2 heterocycles. The highest BCUT2D eigenvalue weighted by molar-refractivity contribution is 8.00. The van der Waals surface area contributed by atoms with Crippen LogP contribution in [-0.4, -0.2) is 37.7 Å². The molecule has 142 valence electrons. The summed E-state index contributed by atoms with van der Waals surface area (Å²) in [5, 5.41) is 3.42. The lowest BCUT2D eigenvalue weighted by Gasteiger charge is -2.14. The molecule has 27 heavy (non-hydrogen) atoms. The molecule has 0 aliphatic rings. The molecule has 3 rings (SSSR count). The van der Waals surface area contributed by atoms with Crippen LogP contribution >= 0.6 is 11.8 Å². The first kappa shape index (κ1) is 19.2. The average Bonchev–Trinajstić information content (AvgIpc) is 3.17. The molecule has 0 radical (unpaired) electrons. The number of unbranched alkanes of at least 4 members (excludes halogenated alkanes) is 1. The van der Waals surface area contributed by atoms with E-state index < -0.39 is 0 Å². The highest BCUT2D eigenvalue weighted by Crippen LogP contribution is 2.28. The summed E-state index contributed by atoms with van der Waals surface area (Å²) < 4.78 is 5.65. The molecule has 0 fully saturated rings. The zero-order chi connectivity index (χ0) is 19.1. The lowest BCUT2D eigenvalue weighted by Crippen LogP contribution is -2.24. The van der Waals surface area contributed by atoms with Gasteiger partial charge in [-0.05, 0) is 37.1 Å².